The van der Waals surface area contributed by atoms with Crippen LogP contribution >= 0.6 is 23.6 Å². The van der Waals surface area contributed by atoms with Gasteiger partial charge in [0.2, 0.25) is 0 Å². The number of hydrogen-bond acceptors (Lipinski definition) is 4. The molecule has 0 radical (unpaired) electrons. The highest BCUT2D eigenvalue weighted by Gasteiger charge is 2.29. The fourth-order valence-corrected chi connectivity index (χ4v) is 2.90. The second-order valence-corrected chi connectivity index (χ2v) is 5.87. The van der Waals surface area contributed by atoms with Crippen LogP contribution < -0.4 is 0 Å². The van der Waals surface area contributed by atoms with Gasteiger partial charge in [0.25, 0.3) is 0 Å². The van der Waals surface area contributed by atoms with E-state index in [4.69, 9.17) is 17.0 Å². The number of rotatable bonds is 4. The number of halogens is 1. The van der Waals surface area contributed by atoms with Crippen molar-refractivity contribution < 1.29 is 13.9 Å². The zero-order valence-electron chi connectivity index (χ0n) is 10.8. The molecule has 20 heavy (non-hydrogen) atoms. The summed E-state index contributed by atoms with van der Waals surface area (Å²) in [6, 6.07) is -0.505. The van der Waals surface area contributed by atoms with E-state index in [0.717, 1.165) is 11.3 Å². The van der Waals surface area contributed by atoms with Crippen molar-refractivity contribution in [1.29, 1.82) is 0 Å². The van der Waals surface area contributed by atoms with E-state index in [1.54, 1.807) is 0 Å². The number of amides is 1. The lowest BCUT2D eigenvalue weighted by atomic mass is 9.99. The summed E-state index contributed by atoms with van der Waals surface area (Å²) in [7, 11) is 0. The SMILES string of the molecule is C=CCOC(=O)N1CC=C(c2csc(=S)[nH]2)C[C@@H]1CF. The van der Waals surface area contributed by atoms with Crippen LogP contribution in [-0.4, -0.2) is 41.8 Å². The number of ether oxygens (including phenoxy) is 1. The number of carbonyl (C=O) groups is 1. The minimum atomic E-state index is -0.606. The molecule has 1 aliphatic heterocycles. The molecule has 2 rings (SSSR count). The molecule has 1 N–H and O–H groups in total. The summed E-state index contributed by atoms with van der Waals surface area (Å²) in [5, 5.41) is 1.91. The molecule has 0 bridgehead atoms. The van der Waals surface area contributed by atoms with Crippen LogP contribution in [0.1, 0.15) is 12.1 Å². The average molecular weight is 314 g/mol. The Bertz CT molecular complexity index is 579. The highest BCUT2D eigenvalue weighted by molar-refractivity contribution is 7.73. The lowest BCUT2D eigenvalue weighted by Gasteiger charge is -2.32. The van der Waals surface area contributed by atoms with Gasteiger partial charge in [0.1, 0.15) is 13.3 Å². The Morgan fingerprint density at radius 2 is 2.55 bits per heavy atom. The first-order valence-corrected chi connectivity index (χ1v) is 7.42. The molecule has 0 aromatic carbocycles. The van der Waals surface area contributed by atoms with Crippen LogP contribution in [0.2, 0.25) is 0 Å². The Balaban J connectivity index is 2.12. The molecule has 0 spiro atoms. The van der Waals surface area contributed by atoms with E-state index < -0.39 is 18.8 Å². The second kappa shape index (κ2) is 6.81. The number of nitrogens with one attached hydrogen (secondary N) is 1. The van der Waals surface area contributed by atoms with Crippen molar-refractivity contribution in [2.75, 3.05) is 19.8 Å². The molecule has 1 aromatic heterocycles. The molecule has 2 heterocycles. The molecule has 1 aliphatic rings. The van der Waals surface area contributed by atoms with Gasteiger partial charge in [-0.3, -0.25) is 4.90 Å². The smallest absolute Gasteiger partial charge is 0.410 e. The van der Waals surface area contributed by atoms with Crippen molar-refractivity contribution in [3.05, 3.63) is 33.8 Å². The van der Waals surface area contributed by atoms with Gasteiger partial charge in [-0.25, -0.2) is 9.18 Å². The largest absolute Gasteiger partial charge is 0.445 e. The fourth-order valence-electron chi connectivity index (χ4n) is 2.04. The lowest BCUT2D eigenvalue weighted by molar-refractivity contribution is 0.0923. The Labute approximate surface area is 125 Å². The van der Waals surface area contributed by atoms with E-state index in [2.05, 4.69) is 11.6 Å². The molecule has 1 atom stereocenters. The van der Waals surface area contributed by atoms with Gasteiger partial charge in [-0.05, 0) is 24.2 Å². The molecule has 1 aromatic rings. The normalized spacial score (nSPS) is 18.6. The summed E-state index contributed by atoms with van der Waals surface area (Å²) in [5.74, 6) is 0. The number of aromatic amines is 1. The predicted octanol–water partition coefficient (Wildman–Crippen LogP) is 3.56. The maximum atomic E-state index is 13.2. The van der Waals surface area contributed by atoms with E-state index in [1.165, 1.54) is 22.3 Å². The Morgan fingerprint density at radius 3 is 3.15 bits per heavy atom. The molecule has 0 aliphatic carbocycles. The number of H-pyrrole nitrogens is 1. The summed E-state index contributed by atoms with van der Waals surface area (Å²) in [6.07, 6.45) is 3.32. The highest BCUT2D eigenvalue weighted by Crippen LogP contribution is 2.27. The van der Waals surface area contributed by atoms with Crippen LogP contribution in [0.3, 0.4) is 0 Å². The maximum absolute atomic E-state index is 13.2. The standard InChI is InChI=1S/C13H15FN2O2S2/c1-2-5-18-13(17)16-4-3-9(6-10(16)7-14)11-8-20-12(19)15-11/h2-3,8,10H,1,4-7H2,(H,15,19)/t10-/m1/s1. The van der Waals surface area contributed by atoms with E-state index in [-0.39, 0.29) is 6.61 Å². The Kier molecular flexibility index (Phi) is 5.08. The first kappa shape index (κ1) is 14.9. The quantitative estimate of drug-likeness (QED) is 0.683. The van der Waals surface area contributed by atoms with E-state index in [1.807, 2.05) is 11.5 Å². The number of aromatic nitrogens is 1. The molecule has 4 nitrogen and oxygen atoms in total. The number of carbonyl (C=O) groups excluding carboxylic acids is 1. The third kappa shape index (κ3) is 3.34. The first-order chi connectivity index (χ1) is 9.65. The van der Waals surface area contributed by atoms with E-state index >= 15 is 0 Å². The summed E-state index contributed by atoms with van der Waals surface area (Å²) in [5.41, 5.74) is 1.88. The molecular formula is C13H15FN2O2S2. The van der Waals surface area contributed by atoms with Crippen molar-refractivity contribution >= 4 is 35.2 Å². The van der Waals surface area contributed by atoms with Gasteiger partial charge in [-0.1, -0.05) is 18.7 Å². The van der Waals surface area contributed by atoms with Crippen molar-refractivity contribution in [1.82, 2.24) is 9.88 Å². The van der Waals surface area contributed by atoms with Crippen LogP contribution in [0, 0.1) is 3.95 Å². The molecule has 1 amide bonds. The molecule has 108 valence electrons. The Morgan fingerprint density at radius 1 is 1.75 bits per heavy atom. The van der Waals surface area contributed by atoms with E-state index in [0.29, 0.717) is 16.9 Å². The van der Waals surface area contributed by atoms with Crippen LogP contribution in [0.25, 0.3) is 5.57 Å². The lowest BCUT2D eigenvalue weighted by Crippen LogP contribution is -2.44. The van der Waals surface area contributed by atoms with Gasteiger partial charge < -0.3 is 9.72 Å². The van der Waals surface area contributed by atoms with Crippen molar-refractivity contribution in [2.24, 2.45) is 0 Å². The molecular weight excluding hydrogens is 299 g/mol. The number of hydrogen-bond donors (Lipinski definition) is 1. The van der Waals surface area contributed by atoms with Gasteiger partial charge >= 0.3 is 6.09 Å². The van der Waals surface area contributed by atoms with Crippen molar-refractivity contribution in [3.63, 3.8) is 0 Å². The van der Waals surface area contributed by atoms with Gasteiger partial charge in [0, 0.05) is 11.9 Å². The summed E-state index contributed by atoms with van der Waals surface area (Å²) in [4.78, 5) is 16.3. The Hall–Kier alpha value is -1.47. The van der Waals surface area contributed by atoms with Crippen LogP contribution in [0.4, 0.5) is 9.18 Å². The summed E-state index contributed by atoms with van der Waals surface area (Å²) < 4.78 is 18.8. The number of alkyl halides is 1. The van der Waals surface area contributed by atoms with Gasteiger partial charge in [-0.2, -0.15) is 0 Å². The minimum absolute atomic E-state index is 0.128. The fraction of sp³-hybridized carbons (Fsp3) is 0.385. The average Bonchev–Trinajstić information content (AvgIpc) is 2.90. The van der Waals surface area contributed by atoms with Gasteiger partial charge in [0.15, 0.2) is 3.95 Å². The zero-order valence-corrected chi connectivity index (χ0v) is 12.4. The van der Waals surface area contributed by atoms with Crippen molar-refractivity contribution in [2.45, 2.75) is 12.5 Å². The summed E-state index contributed by atoms with van der Waals surface area (Å²) >= 11 is 6.47. The van der Waals surface area contributed by atoms with Crippen molar-refractivity contribution in [3.8, 4) is 0 Å². The monoisotopic (exact) mass is 314 g/mol. The molecule has 0 saturated heterocycles. The topological polar surface area (TPSA) is 45.3 Å². The third-order valence-corrected chi connectivity index (χ3v) is 4.09. The third-order valence-electron chi connectivity index (χ3n) is 3.03. The van der Waals surface area contributed by atoms with Crippen LogP contribution in [-0.2, 0) is 4.74 Å². The molecule has 0 saturated carbocycles. The molecule has 7 heteroatoms. The predicted molar refractivity (Wildman–Crippen MR) is 80.1 cm³/mol. The van der Waals surface area contributed by atoms with E-state index in [9.17, 15) is 9.18 Å². The maximum Gasteiger partial charge on any atom is 0.410 e. The molecule has 0 unspecified atom stereocenters. The number of nitrogens with zero attached hydrogens (tertiary/aromatic N) is 1. The minimum Gasteiger partial charge on any atom is -0.445 e. The van der Waals surface area contributed by atoms with Gasteiger partial charge in [-0.15, -0.1) is 11.3 Å². The highest BCUT2D eigenvalue weighted by atomic mass is 32.1. The van der Waals surface area contributed by atoms with Crippen LogP contribution in [0.5, 0.6) is 0 Å². The zero-order chi connectivity index (χ0) is 14.5. The molecule has 0 fully saturated rings. The summed E-state index contributed by atoms with van der Waals surface area (Å²) in [6.45, 7) is 3.33. The van der Waals surface area contributed by atoms with Crippen LogP contribution in [0.15, 0.2) is 24.1 Å². The first-order valence-electron chi connectivity index (χ1n) is 6.13. The van der Waals surface area contributed by atoms with Gasteiger partial charge in [0.05, 0.1) is 11.7 Å². The number of thiazole rings is 1. The second-order valence-electron chi connectivity index (χ2n) is 4.32.